The number of carbonyl (C=O) groups is 1. The minimum atomic E-state index is -4.65. The van der Waals surface area contributed by atoms with Crippen molar-refractivity contribution in [2.45, 2.75) is 12.6 Å². The van der Waals surface area contributed by atoms with Crippen LogP contribution in [0.4, 0.5) is 33.3 Å². The second-order valence-corrected chi connectivity index (χ2v) is 5.42. The third-order valence-electron chi connectivity index (χ3n) is 3.17. The average molecular weight is 379 g/mol. The number of hydrogen-bond acceptors (Lipinski definition) is 2. The summed E-state index contributed by atoms with van der Waals surface area (Å²) in [6.07, 6.45) is -4.86. The molecule has 0 atom stereocenters. The minimum Gasteiger partial charge on any atom is -0.380 e. The predicted octanol–water partition coefficient (Wildman–Crippen LogP) is 5.08. The highest BCUT2D eigenvalue weighted by atomic mass is 35.5. The van der Waals surface area contributed by atoms with Gasteiger partial charge < -0.3 is 10.6 Å². The van der Waals surface area contributed by atoms with E-state index in [9.17, 15) is 26.7 Å². The van der Waals surface area contributed by atoms with Crippen LogP contribution in [-0.4, -0.2) is 12.5 Å². The normalized spacial score (nSPS) is 11.3. The van der Waals surface area contributed by atoms with Gasteiger partial charge >= 0.3 is 6.18 Å². The number of rotatable bonds is 5. The Kier molecular flexibility index (Phi) is 5.84. The lowest BCUT2D eigenvalue weighted by molar-refractivity contribution is -0.137. The fourth-order valence-electron chi connectivity index (χ4n) is 2.01. The smallest absolute Gasteiger partial charge is 0.380 e. The summed E-state index contributed by atoms with van der Waals surface area (Å²) in [7, 11) is 0. The first-order valence-electron chi connectivity index (χ1n) is 7.03. The zero-order valence-electron chi connectivity index (χ0n) is 12.6. The Morgan fingerprint density at radius 3 is 2.32 bits per heavy atom. The zero-order chi connectivity index (χ0) is 18.6. The Hall–Kier alpha value is -2.35. The molecule has 0 aliphatic rings. The van der Waals surface area contributed by atoms with Crippen LogP contribution in [0.2, 0.25) is 5.02 Å². The van der Waals surface area contributed by atoms with E-state index in [1.807, 2.05) is 0 Å². The molecule has 1 amide bonds. The average Bonchev–Trinajstić information content (AvgIpc) is 2.51. The molecule has 2 aromatic rings. The molecule has 3 nitrogen and oxygen atoms in total. The van der Waals surface area contributed by atoms with Crippen molar-refractivity contribution in [2.24, 2.45) is 0 Å². The molecule has 25 heavy (non-hydrogen) atoms. The molecule has 0 heterocycles. The number of halogens is 6. The number of hydrogen-bond donors (Lipinski definition) is 2. The van der Waals surface area contributed by atoms with E-state index in [-0.39, 0.29) is 24.3 Å². The van der Waals surface area contributed by atoms with E-state index in [2.05, 4.69) is 10.6 Å². The van der Waals surface area contributed by atoms with Crippen molar-refractivity contribution >= 4 is 28.9 Å². The summed E-state index contributed by atoms with van der Waals surface area (Å²) in [5.74, 6) is -2.25. The highest BCUT2D eigenvalue weighted by molar-refractivity contribution is 6.31. The molecule has 9 heteroatoms. The van der Waals surface area contributed by atoms with Gasteiger partial charge in [-0.05, 0) is 30.3 Å². The highest BCUT2D eigenvalue weighted by Crippen LogP contribution is 2.36. The van der Waals surface area contributed by atoms with Crippen molar-refractivity contribution in [2.75, 3.05) is 17.2 Å². The van der Waals surface area contributed by atoms with Gasteiger partial charge in [0.05, 0.1) is 10.6 Å². The summed E-state index contributed by atoms with van der Waals surface area (Å²) in [6.45, 7) is -0.108. The molecular weight excluding hydrogens is 367 g/mol. The number of para-hydroxylation sites is 1. The minimum absolute atomic E-state index is 0.0844. The molecule has 0 aliphatic carbocycles. The summed E-state index contributed by atoms with van der Waals surface area (Å²) in [5, 5.41) is 4.22. The monoisotopic (exact) mass is 378 g/mol. The number of benzene rings is 2. The molecule has 0 radical (unpaired) electrons. The molecule has 134 valence electrons. The van der Waals surface area contributed by atoms with Crippen molar-refractivity contribution in [1.82, 2.24) is 0 Å². The van der Waals surface area contributed by atoms with E-state index >= 15 is 0 Å². The van der Waals surface area contributed by atoms with Crippen LogP contribution in [0.25, 0.3) is 0 Å². The Balaban J connectivity index is 1.95. The number of alkyl halides is 3. The zero-order valence-corrected chi connectivity index (χ0v) is 13.3. The van der Waals surface area contributed by atoms with Gasteiger partial charge in [0, 0.05) is 18.7 Å². The van der Waals surface area contributed by atoms with E-state index in [0.29, 0.717) is 6.07 Å². The maximum absolute atomic E-state index is 13.4. The van der Waals surface area contributed by atoms with Gasteiger partial charge in [-0.2, -0.15) is 13.2 Å². The maximum atomic E-state index is 13.4. The van der Waals surface area contributed by atoms with Crippen LogP contribution < -0.4 is 10.6 Å². The second-order valence-electron chi connectivity index (χ2n) is 5.01. The van der Waals surface area contributed by atoms with E-state index in [4.69, 9.17) is 11.6 Å². The van der Waals surface area contributed by atoms with Crippen LogP contribution in [0.1, 0.15) is 12.0 Å². The molecule has 2 aromatic carbocycles. The van der Waals surface area contributed by atoms with Crippen LogP contribution in [0.5, 0.6) is 0 Å². The number of amides is 1. The van der Waals surface area contributed by atoms with Crippen LogP contribution in [0.3, 0.4) is 0 Å². The Labute approximate surface area is 144 Å². The fraction of sp³-hybridized carbons (Fsp3) is 0.188. The van der Waals surface area contributed by atoms with E-state index in [1.54, 1.807) is 0 Å². The molecule has 0 spiro atoms. The lowest BCUT2D eigenvalue weighted by atomic mass is 10.2. The van der Waals surface area contributed by atoms with Crippen LogP contribution >= 0.6 is 11.6 Å². The van der Waals surface area contributed by atoms with Gasteiger partial charge in [0.1, 0.15) is 17.3 Å². The first-order valence-corrected chi connectivity index (χ1v) is 7.41. The predicted molar refractivity (Wildman–Crippen MR) is 84.5 cm³/mol. The first kappa shape index (κ1) is 19.0. The Bertz CT molecular complexity index is 759. The van der Waals surface area contributed by atoms with E-state index < -0.39 is 34.3 Å². The van der Waals surface area contributed by atoms with Gasteiger partial charge in [0.2, 0.25) is 5.91 Å². The topological polar surface area (TPSA) is 41.1 Å². The van der Waals surface area contributed by atoms with Crippen molar-refractivity contribution in [3.8, 4) is 0 Å². The maximum Gasteiger partial charge on any atom is 0.417 e. The van der Waals surface area contributed by atoms with Gasteiger partial charge in [-0.25, -0.2) is 8.78 Å². The third kappa shape index (κ3) is 5.06. The van der Waals surface area contributed by atoms with Gasteiger partial charge in [-0.1, -0.05) is 17.7 Å². The van der Waals surface area contributed by atoms with Crippen molar-refractivity contribution < 1.29 is 26.7 Å². The molecule has 0 aliphatic heterocycles. The molecule has 0 bridgehead atoms. The fourth-order valence-corrected chi connectivity index (χ4v) is 2.24. The molecule has 0 unspecified atom stereocenters. The van der Waals surface area contributed by atoms with Gasteiger partial charge in [0.25, 0.3) is 0 Å². The van der Waals surface area contributed by atoms with E-state index in [1.165, 1.54) is 12.1 Å². The van der Waals surface area contributed by atoms with Crippen LogP contribution in [-0.2, 0) is 11.0 Å². The summed E-state index contributed by atoms with van der Waals surface area (Å²) in [5.41, 5.74) is -1.53. The van der Waals surface area contributed by atoms with Crippen molar-refractivity contribution in [3.63, 3.8) is 0 Å². The molecule has 0 fully saturated rings. The number of nitrogens with one attached hydrogen (secondary N) is 2. The van der Waals surface area contributed by atoms with Gasteiger partial charge in [-0.3, -0.25) is 4.79 Å². The molecule has 2 N–H and O–H groups in total. The lowest BCUT2D eigenvalue weighted by Gasteiger charge is -2.12. The molecular formula is C16H12ClF5N2O. The summed E-state index contributed by atoms with van der Waals surface area (Å²) in [4.78, 5) is 11.8. The Morgan fingerprint density at radius 2 is 1.72 bits per heavy atom. The van der Waals surface area contributed by atoms with Gasteiger partial charge in [-0.15, -0.1) is 0 Å². The SMILES string of the molecule is O=C(CCNc1c(F)cccc1F)Nc1ccc(Cl)c(C(F)(F)F)c1. The van der Waals surface area contributed by atoms with Crippen LogP contribution in [0.15, 0.2) is 36.4 Å². The standard InChI is InChI=1S/C16H12ClF5N2O/c17-11-5-4-9(8-10(11)16(20,21)22)24-14(25)6-7-23-15-12(18)2-1-3-13(15)19/h1-5,8,23H,6-7H2,(H,24,25). The lowest BCUT2D eigenvalue weighted by Crippen LogP contribution is -2.17. The number of anilines is 2. The largest absolute Gasteiger partial charge is 0.417 e. The highest BCUT2D eigenvalue weighted by Gasteiger charge is 2.33. The van der Waals surface area contributed by atoms with Crippen molar-refractivity contribution in [1.29, 1.82) is 0 Å². The third-order valence-corrected chi connectivity index (χ3v) is 3.50. The number of carbonyl (C=O) groups excluding carboxylic acids is 1. The summed E-state index contributed by atoms with van der Waals surface area (Å²) in [6, 6.07) is 6.26. The molecule has 0 aromatic heterocycles. The van der Waals surface area contributed by atoms with Crippen LogP contribution in [0, 0.1) is 11.6 Å². The molecule has 0 saturated carbocycles. The Morgan fingerprint density at radius 1 is 1.08 bits per heavy atom. The molecule has 0 saturated heterocycles. The first-order chi connectivity index (χ1) is 11.7. The second kappa shape index (κ2) is 7.69. The molecule has 2 rings (SSSR count). The summed E-state index contributed by atoms with van der Waals surface area (Å²) >= 11 is 5.48. The summed E-state index contributed by atoms with van der Waals surface area (Å²) < 4.78 is 65.0. The van der Waals surface area contributed by atoms with E-state index in [0.717, 1.165) is 18.2 Å². The van der Waals surface area contributed by atoms with Gasteiger partial charge in [0.15, 0.2) is 0 Å². The van der Waals surface area contributed by atoms with Crippen molar-refractivity contribution in [3.05, 3.63) is 58.6 Å². The quantitative estimate of drug-likeness (QED) is 0.712.